The van der Waals surface area contributed by atoms with Crippen LogP contribution in [0.4, 0.5) is 26.3 Å². The molecule has 3 aliphatic rings. The van der Waals surface area contributed by atoms with Gasteiger partial charge in [-0.25, -0.2) is 40.7 Å². The number of aldehydes is 1. The first-order valence-corrected chi connectivity index (χ1v) is 35.4. The Morgan fingerprint density at radius 2 is 0.991 bits per heavy atom. The zero-order valence-electron chi connectivity index (χ0n) is 61.4. The molecule has 0 spiro atoms. The van der Waals surface area contributed by atoms with Gasteiger partial charge in [-0.05, 0) is 168 Å². The fourth-order valence-electron chi connectivity index (χ4n) is 10.2. The van der Waals surface area contributed by atoms with E-state index in [1.165, 1.54) is 91.9 Å². The molecule has 1 unspecified atom stereocenters. The number of carbonyl (C=O) groups excluding carboxylic acids is 9. The molecule has 1 atom stereocenters. The van der Waals surface area contributed by atoms with Crippen LogP contribution in [0.2, 0.25) is 0 Å². The lowest BCUT2D eigenvalue weighted by molar-refractivity contribution is -0.153. The summed E-state index contributed by atoms with van der Waals surface area (Å²) in [5.41, 5.74) is 1.93. The van der Waals surface area contributed by atoms with E-state index < -0.39 is 70.2 Å². The van der Waals surface area contributed by atoms with Crippen LogP contribution in [0.1, 0.15) is 175 Å². The molecular weight excluding hydrogens is 1540 g/mol. The Morgan fingerprint density at radius 1 is 0.527 bits per heavy atom. The maximum absolute atomic E-state index is 14.0. The van der Waals surface area contributed by atoms with E-state index in [-0.39, 0.29) is 141 Å². The predicted octanol–water partition coefficient (Wildman–Crippen LogP) is 16.2. The number of carboxylic acids is 4. The fourth-order valence-corrected chi connectivity index (χ4v) is 10.4. The molecule has 604 valence electrons. The smallest absolute Gasteiger partial charge is 0.368 e. The molecule has 29 heteroatoms. The van der Waals surface area contributed by atoms with Crippen LogP contribution in [0, 0.1) is 40.3 Å². The summed E-state index contributed by atoms with van der Waals surface area (Å²) >= 11 is 3.22. The number of aryl methyl sites for hydroxylation is 1. The third kappa shape index (κ3) is 37.1. The summed E-state index contributed by atoms with van der Waals surface area (Å²) in [6, 6.07) is 31.2. The molecule has 6 aromatic rings. The number of hydrogen-bond acceptors (Lipinski definition) is 18. The number of carbonyl (C=O) groups is 13. The van der Waals surface area contributed by atoms with Gasteiger partial charge in [0.2, 0.25) is 6.29 Å². The number of esters is 4. The third-order valence-corrected chi connectivity index (χ3v) is 15.8. The molecular formula is C83H91BrF6O22. The molecule has 0 heterocycles. The largest absolute Gasteiger partial charge is 0.507 e. The molecule has 0 aliphatic heterocycles. The van der Waals surface area contributed by atoms with Crippen molar-refractivity contribution < 1.29 is 133 Å². The van der Waals surface area contributed by atoms with Gasteiger partial charge in [0.05, 0.1) is 29.9 Å². The van der Waals surface area contributed by atoms with Gasteiger partial charge in [-0.2, -0.15) is 0 Å². The molecule has 0 saturated carbocycles. The molecule has 0 radical (unpaired) electrons. The Balaban J connectivity index is 0.00000129. The van der Waals surface area contributed by atoms with Crippen molar-refractivity contribution in [3.8, 4) is 0 Å². The minimum absolute atomic E-state index is 0. The molecule has 0 saturated heterocycles. The number of allylic oxidation sites excluding steroid dienone is 1. The Morgan fingerprint density at radius 3 is 1.46 bits per heavy atom. The quantitative estimate of drug-likeness (QED) is 0.00359. The Bertz CT molecular complexity index is 4240. The van der Waals surface area contributed by atoms with E-state index in [1.807, 2.05) is 6.92 Å². The standard InChI is InChI=1S/C20H23FO5.C14H13FO3.C10H7FO3.C10H11FO2.C10H9FO.C8H7FO.C6H11BrO2.C2H2O3.C2H4O2.CH4/c1-3-13-26-19(24)20(11-6-9-17(22)25-4-2)12-10-14-15(18(20)23)7-5-8-16(14)21;1-2-8-18-14(17)11-7-6-9-10(13(11)16)4-3-5-12(9)15;11-8-4-2-1-3-7(8)9(12)5-6-10(13)14;11-9-6-2-1-4-8(9)5-3-7-10(12)13;11-9-5-1-4-8-7(9)3-2-6-10(8)12;1-6(10)7-4-2-3-5-8(7)9;1-2-9-6(8)4-3-5-7;3-1-2(4)5;1-2(3)4;/h3,5,7-8H,1,4,6,9-13H2,2H3;2-5,16H,1,6-8H2;1-6H,(H,13,14);1-2,4,6H,3,5,7H2,(H,12,13);1,4-5H,2-3,6H2;2-5H,1H3;2-5H2,1H3;1H,(H,4,5);1H3,(H,3,4);1H4/b;;6-5+;;;;;;;. The lowest BCUT2D eigenvalue weighted by Crippen LogP contribution is -2.44. The second-order valence-electron chi connectivity index (χ2n) is 23.2. The van der Waals surface area contributed by atoms with Crippen LogP contribution in [0.3, 0.4) is 0 Å². The molecule has 0 fully saturated rings. The van der Waals surface area contributed by atoms with Crippen LogP contribution in [-0.2, 0) is 87.8 Å². The van der Waals surface area contributed by atoms with Crippen molar-refractivity contribution in [2.24, 2.45) is 5.41 Å². The van der Waals surface area contributed by atoms with Crippen LogP contribution in [-0.4, -0.2) is 134 Å². The van der Waals surface area contributed by atoms with Crippen LogP contribution < -0.4 is 0 Å². The van der Waals surface area contributed by atoms with Gasteiger partial charge in [0.25, 0.3) is 5.97 Å². The van der Waals surface area contributed by atoms with E-state index in [2.05, 4.69) is 33.8 Å². The monoisotopic (exact) mass is 1630 g/mol. The molecule has 0 amide bonds. The first-order valence-electron chi connectivity index (χ1n) is 34.3. The predicted molar refractivity (Wildman–Crippen MR) is 407 cm³/mol. The maximum atomic E-state index is 14.0. The number of ether oxygens (including phenoxy) is 4. The molecule has 22 nitrogen and oxygen atoms in total. The summed E-state index contributed by atoms with van der Waals surface area (Å²) in [5, 5.41) is 42.3. The maximum Gasteiger partial charge on any atom is 0.368 e. The number of Topliss-reactive ketones (excluding diaryl/α,β-unsaturated/α-hetero) is 3. The van der Waals surface area contributed by atoms with E-state index >= 15 is 0 Å². The number of alkyl halides is 1. The van der Waals surface area contributed by atoms with E-state index in [0.29, 0.717) is 91.0 Å². The minimum atomic E-state index is -1.43. The zero-order chi connectivity index (χ0) is 83.6. The van der Waals surface area contributed by atoms with Gasteiger partial charge in [-0.1, -0.05) is 128 Å². The van der Waals surface area contributed by atoms with Crippen LogP contribution >= 0.6 is 15.9 Å². The summed E-state index contributed by atoms with van der Waals surface area (Å²) < 4.78 is 98.8. The number of aliphatic hydroxyl groups excluding tert-OH is 1. The molecule has 5 N–H and O–H groups in total. The van der Waals surface area contributed by atoms with Gasteiger partial charge in [-0.15, -0.1) is 0 Å². The highest BCUT2D eigenvalue weighted by atomic mass is 79.9. The highest BCUT2D eigenvalue weighted by Crippen LogP contribution is 2.42. The second-order valence-corrected chi connectivity index (χ2v) is 24.0. The minimum Gasteiger partial charge on any atom is -0.507 e. The van der Waals surface area contributed by atoms with E-state index in [1.54, 1.807) is 55.5 Å². The van der Waals surface area contributed by atoms with Gasteiger partial charge in [0.15, 0.2) is 23.1 Å². The number of hydrogen-bond donors (Lipinski definition) is 5. The van der Waals surface area contributed by atoms with Crippen molar-refractivity contribution in [1.29, 1.82) is 0 Å². The topological polar surface area (TPSA) is 360 Å². The van der Waals surface area contributed by atoms with Crippen molar-refractivity contribution in [3.63, 3.8) is 0 Å². The summed E-state index contributed by atoms with van der Waals surface area (Å²) in [7, 11) is 0. The number of rotatable bonds is 24. The lowest BCUT2D eigenvalue weighted by atomic mass is 9.67. The molecule has 3 aliphatic carbocycles. The summed E-state index contributed by atoms with van der Waals surface area (Å²) in [5.74, 6) is -9.92. The number of fused-ring (bicyclic) bond motifs is 3. The van der Waals surface area contributed by atoms with Gasteiger partial charge < -0.3 is 44.5 Å². The van der Waals surface area contributed by atoms with Crippen molar-refractivity contribution in [3.05, 3.63) is 255 Å². The third-order valence-electron chi connectivity index (χ3n) is 15.2. The van der Waals surface area contributed by atoms with Crippen LogP contribution in [0.15, 0.2) is 170 Å². The van der Waals surface area contributed by atoms with Gasteiger partial charge in [0, 0.05) is 60.7 Å². The normalized spacial score (nSPS) is 12.8. The molecule has 0 aromatic heterocycles. The second kappa shape index (κ2) is 55.6. The SMILES string of the molecule is C.C=CCOC(=O)C1(CCCC(=O)OCC)CCc2c(F)cccc2C1=O.C=CCOC(=O)C1=C(O)c2cccc(F)c2CC1.CC(=O)O.CC(=O)c1ccccc1F.CCOC(=O)CCCBr.O=C(O)/C=C/C(=O)c1ccccc1F.O=C(O)CCCc1ccccc1F.O=C1CCCc2c(F)cccc21.O=CC(=O)O. The number of aliphatic carboxylic acids is 4. The van der Waals surface area contributed by atoms with Crippen molar-refractivity contribution >= 4 is 98.9 Å². The fraction of sp³-hybridized carbons (Fsp3) is 0.313. The first-order chi connectivity index (χ1) is 52.7. The van der Waals surface area contributed by atoms with Gasteiger partial charge in [0.1, 0.15) is 59.3 Å². The molecule has 0 bridgehead atoms. The van der Waals surface area contributed by atoms with E-state index in [9.17, 15) is 79.4 Å². The zero-order valence-corrected chi connectivity index (χ0v) is 63.0. The average molecular weight is 1630 g/mol. The summed E-state index contributed by atoms with van der Waals surface area (Å²) in [6.07, 6.45) is 10.3. The van der Waals surface area contributed by atoms with Crippen molar-refractivity contribution in [1.82, 2.24) is 0 Å². The van der Waals surface area contributed by atoms with Crippen molar-refractivity contribution in [2.45, 2.75) is 131 Å². The molecule has 9 rings (SSSR count). The average Bonchev–Trinajstić information content (AvgIpc) is 0.756. The van der Waals surface area contributed by atoms with Gasteiger partial charge >= 0.3 is 41.8 Å². The summed E-state index contributed by atoms with van der Waals surface area (Å²) in [4.78, 5) is 140. The number of ketones is 4. The first kappa shape index (κ1) is 100. The lowest BCUT2D eigenvalue weighted by Gasteiger charge is -2.34. The number of benzene rings is 6. The highest BCUT2D eigenvalue weighted by Gasteiger charge is 2.50. The van der Waals surface area contributed by atoms with Crippen molar-refractivity contribution in [2.75, 3.05) is 31.8 Å². The van der Waals surface area contributed by atoms with E-state index in [0.717, 1.165) is 37.2 Å². The molecule has 112 heavy (non-hydrogen) atoms. The Kier molecular flexibility index (Phi) is 49.8. The Labute approximate surface area is 653 Å². The Hall–Kier alpha value is -11.8. The van der Waals surface area contributed by atoms with Crippen LogP contribution in [0.5, 0.6) is 0 Å². The highest BCUT2D eigenvalue weighted by molar-refractivity contribution is 9.09. The number of halogens is 7. The van der Waals surface area contributed by atoms with Crippen LogP contribution in [0.25, 0.3) is 5.76 Å². The van der Waals surface area contributed by atoms with Gasteiger partial charge in [-0.3, -0.25) is 47.9 Å². The number of carboxylic acid groups (broad SMARTS) is 4. The molecule has 6 aromatic carbocycles. The summed E-state index contributed by atoms with van der Waals surface area (Å²) in [6.45, 7) is 13.7. The van der Waals surface area contributed by atoms with E-state index in [4.69, 9.17) is 49.0 Å². The number of aliphatic hydroxyl groups is 1.